The number of nitrogens with zero attached hydrogens (tertiary/aromatic N) is 4. The Morgan fingerprint density at radius 1 is 1.05 bits per heavy atom. The fraction of sp³-hybridized carbons (Fsp3) is 0.192. The number of carbonyl (C=O) groups is 2. The Morgan fingerprint density at radius 3 is 2.39 bits per heavy atom. The molecule has 1 aromatic heterocycles. The summed E-state index contributed by atoms with van der Waals surface area (Å²) in [6.07, 6.45) is -0.422. The number of primary amides is 1. The summed E-state index contributed by atoms with van der Waals surface area (Å²) in [5, 5.41) is 11.4. The van der Waals surface area contributed by atoms with Crippen molar-refractivity contribution in [1.82, 2.24) is 14.0 Å². The number of ether oxygens (including phenoxy) is 1. The lowest BCUT2D eigenvalue weighted by atomic mass is 10.1. The molecule has 3 aromatic carbocycles. The van der Waals surface area contributed by atoms with Crippen LogP contribution in [0.4, 0.5) is 14.9 Å². The summed E-state index contributed by atoms with van der Waals surface area (Å²) in [5.41, 5.74) is 6.19. The maximum Gasteiger partial charge on any atom is 0.329 e. The van der Waals surface area contributed by atoms with Gasteiger partial charge in [0.1, 0.15) is 11.6 Å². The lowest BCUT2D eigenvalue weighted by Gasteiger charge is -2.14. The minimum absolute atomic E-state index is 0.104. The van der Waals surface area contributed by atoms with Gasteiger partial charge in [-0.15, -0.1) is 0 Å². The number of amides is 3. The highest BCUT2D eigenvalue weighted by atomic mass is 19.1. The molecule has 0 aliphatic heterocycles. The topological polar surface area (TPSA) is 143 Å². The van der Waals surface area contributed by atoms with E-state index in [0.717, 1.165) is 11.6 Å². The third kappa shape index (κ3) is 5.09. The number of nitro benzene ring substituents is 1. The molecule has 0 fully saturated rings. The summed E-state index contributed by atoms with van der Waals surface area (Å²) in [4.78, 5) is 49.5. The Kier molecular flexibility index (Phi) is 7.24. The van der Waals surface area contributed by atoms with Gasteiger partial charge < -0.3 is 10.5 Å². The zero-order chi connectivity index (χ0) is 27.6. The second-order valence-electron chi connectivity index (χ2n) is 8.59. The van der Waals surface area contributed by atoms with Crippen LogP contribution in [0, 0.1) is 15.9 Å². The van der Waals surface area contributed by atoms with E-state index in [4.69, 9.17) is 10.5 Å². The largest absolute Gasteiger partial charge is 0.496 e. The molecule has 1 heterocycles. The fourth-order valence-electron chi connectivity index (χ4n) is 4.28. The van der Waals surface area contributed by atoms with Gasteiger partial charge >= 0.3 is 11.7 Å². The minimum atomic E-state index is -0.983. The van der Waals surface area contributed by atoms with Crippen molar-refractivity contribution in [3.8, 4) is 5.75 Å². The lowest BCUT2D eigenvalue weighted by molar-refractivity contribution is -0.384. The average Bonchev–Trinajstić information content (AvgIpc) is 3.14. The van der Waals surface area contributed by atoms with Crippen LogP contribution in [0.3, 0.4) is 0 Å². The van der Waals surface area contributed by atoms with Gasteiger partial charge in [-0.25, -0.2) is 14.0 Å². The number of benzene rings is 3. The molecular formula is C26H24FN5O6. The predicted molar refractivity (Wildman–Crippen MR) is 137 cm³/mol. The van der Waals surface area contributed by atoms with E-state index in [2.05, 4.69) is 0 Å². The number of rotatable bonds is 8. The van der Waals surface area contributed by atoms with Gasteiger partial charge in [0.2, 0.25) is 5.91 Å². The van der Waals surface area contributed by atoms with Crippen LogP contribution in [0.25, 0.3) is 11.0 Å². The summed E-state index contributed by atoms with van der Waals surface area (Å²) >= 11 is 0. The van der Waals surface area contributed by atoms with E-state index in [1.54, 1.807) is 12.1 Å². The number of urea groups is 1. The molecule has 0 atom stereocenters. The standard InChI is InChI=1S/C26H24FN5O6/c1-29(25(28)34)23(33)12-17-10-19(27)13-21-24(17)31(26(35)30(21)14-16-6-4-3-5-7-16)15-18-11-20(32(36)37)8-9-22(18)38-2/h3-11,13H,12,14-15H2,1-2H3,(H2,28,34). The van der Waals surface area contributed by atoms with Gasteiger partial charge in [-0.1, -0.05) is 30.3 Å². The molecule has 4 aromatic rings. The van der Waals surface area contributed by atoms with E-state index in [1.807, 2.05) is 18.2 Å². The van der Waals surface area contributed by atoms with Crippen LogP contribution in [0.1, 0.15) is 16.7 Å². The summed E-state index contributed by atoms with van der Waals surface area (Å²) in [6, 6.07) is 14.4. The number of fused-ring (bicyclic) bond motifs is 1. The Bertz CT molecular complexity index is 1610. The normalized spacial score (nSPS) is 10.9. The van der Waals surface area contributed by atoms with Crippen molar-refractivity contribution in [1.29, 1.82) is 0 Å². The van der Waals surface area contributed by atoms with Crippen molar-refractivity contribution in [3.63, 3.8) is 0 Å². The molecule has 0 aliphatic carbocycles. The lowest BCUT2D eigenvalue weighted by Crippen LogP contribution is -2.38. The zero-order valence-electron chi connectivity index (χ0n) is 20.6. The minimum Gasteiger partial charge on any atom is -0.496 e. The summed E-state index contributed by atoms with van der Waals surface area (Å²) < 4.78 is 22.9. The summed E-state index contributed by atoms with van der Waals surface area (Å²) in [7, 11) is 2.59. The molecule has 3 amide bonds. The molecule has 12 heteroatoms. The van der Waals surface area contributed by atoms with Crippen LogP contribution in [0.2, 0.25) is 0 Å². The molecule has 0 saturated heterocycles. The monoisotopic (exact) mass is 521 g/mol. The Labute approximate surface area is 215 Å². The van der Waals surface area contributed by atoms with Crippen molar-refractivity contribution in [2.45, 2.75) is 19.5 Å². The number of hydrogen-bond acceptors (Lipinski definition) is 6. The molecular weight excluding hydrogens is 497 g/mol. The third-order valence-corrected chi connectivity index (χ3v) is 6.19. The molecule has 0 unspecified atom stereocenters. The number of imidazole rings is 1. The number of non-ortho nitro benzene ring substituents is 1. The highest BCUT2D eigenvalue weighted by Crippen LogP contribution is 2.28. The molecule has 196 valence electrons. The number of hydrogen-bond donors (Lipinski definition) is 1. The smallest absolute Gasteiger partial charge is 0.329 e. The Morgan fingerprint density at radius 2 is 1.76 bits per heavy atom. The van der Waals surface area contributed by atoms with Gasteiger partial charge in [0.25, 0.3) is 5.69 Å². The van der Waals surface area contributed by atoms with Gasteiger partial charge in [-0.05, 0) is 29.3 Å². The van der Waals surface area contributed by atoms with E-state index in [9.17, 15) is 28.9 Å². The second-order valence-corrected chi connectivity index (χ2v) is 8.59. The van der Waals surface area contributed by atoms with Crippen molar-refractivity contribution in [3.05, 3.63) is 104 Å². The maximum atomic E-state index is 14.8. The first-order valence-corrected chi connectivity index (χ1v) is 11.4. The molecule has 4 rings (SSSR count). The van der Waals surface area contributed by atoms with E-state index in [1.165, 1.54) is 47.6 Å². The number of methoxy groups -OCH3 is 1. The molecule has 0 radical (unpaired) electrons. The summed E-state index contributed by atoms with van der Waals surface area (Å²) in [6.45, 7) is -0.0618. The number of halogens is 1. The van der Waals surface area contributed by atoms with Crippen molar-refractivity contribution >= 4 is 28.7 Å². The van der Waals surface area contributed by atoms with Crippen molar-refractivity contribution in [2.75, 3.05) is 14.2 Å². The van der Waals surface area contributed by atoms with Crippen LogP contribution in [-0.4, -0.2) is 45.1 Å². The van der Waals surface area contributed by atoms with Crippen LogP contribution >= 0.6 is 0 Å². The quantitative estimate of drug-likeness (QED) is 0.279. The molecule has 0 bridgehead atoms. The molecule has 0 spiro atoms. The number of carbonyl (C=O) groups excluding carboxylic acids is 2. The second kappa shape index (κ2) is 10.5. The fourth-order valence-corrected chi connectivity index (χ4v) is 4.28. The first kappa shape index (κ1) is 26.1. The summed E-state index contributed by atoms with van der Waals surface area (Å²) in [5.74, 6) is -1.08. The van der Waals surface area contributed by atoms with E-state index in [0.29, 0.717) is 16.2 Å². The number of likely N-dealkylation sites (N-methyl/N-ethyl adjacent to an activating group) is 1. The SMILES string of the molecule is COc1ccc([N+](=O)[O-])cc1Cn1c(=O)n(Cc2ccccc2)c2cc(F)cc(CC(=O)N(C)C(N)=O)c21. The average molecular weight is 522 g/mol. The predicted octanol–water partition coefficient (Wildman–Crippen LogP) is 3.04. The first-order valence-electron chi connectivity index (χ1n) is 11.4. The van der Waals surface area contributed by atoms with Gasteiger partial charge in [0.05, 0.1) is 42.6 Å². The van der Waals surface area contributed by atoms with Crippen LogP contribution in [-0.2, 0) is 24.3 Å². The zero-order valence-corrected chi connectivity index (χ0v) is 20.6. The Hall–Kier alpha value is -5.00. The van der Waals surface area contributed by atoms with E-state index in [-0.39, 0.29) is 35.4 Å². The third-order valence-electron chi connectivity index (χ3n) is 6.19. The van der Waals surface area contributed by atoms with E-state index < -0.39 is 34.8 Å². The molecule has 2 N–H and O–H groups in total. The number of aromatic nitrogens is 2. The molecule has 38 heavy (non-hydrogen) atoms. The van der Waals surface area contributed by atoms with Crippen molar-refractivity contribution < 1.29 is 23.6 Å². The Balaban J connectivity index is 1.95. The number of nitro groups is 1. The molecule has 11 nitrogen and oxygen atoms in total. The van der Waals surface area contributed by atoms with E-state index >= 15 is 0 Å². The highest BCUT2D eigenvalue weighted by Gasteiger charge is 2.23. The van der Waals surface area contributed by atoms with Gasteiger partial charge in [-0.2, -0.15) is 0 Å². The number of nitrogens with two attached hydrogens (primary N) is 1. The molecule has 0 saturated carbocycles. The van der Waals surface area contributed by atoms with Crippen LogP contribution in [0.15, 0.2) is 65.5 Å². The van der Waals surface area contributed by atoms with Gasteiger partial charge in [0, 0.05) is 24.7 Å². The van der Waals surface area contributed by atoms with Crippen LogP contribution < -0.4 is 16.2 Å². The van der Waals surface area contributed by atoms with Crippen LogP contribution in [0.5, 0.6) is 5.75 Å². The first-order chi connectivity index (χ1) is 18.1. The van der Waals surface area contributed by atoms with Gasteiger partial charge in [0.15, 0.2) is 0 Å². The van der Waals surface area contributed by atoms with Gasteiger partial charge in [-0.3, -0.25) is 28.9 Å². The number of imide groups is 1. The van der Waals surface area contributed by atoms with Crippen molar-refractivity contribution in [2.24, 2.45) is 5.73 Å². The molecule has 0 aliphatic rings. The maximum absolute atomic E-state index is 14.8. The highest BCUT2D eigenvalue weighted by molar-refractivity contribution is 5.96.